The number of aromatic nitrogens is 2. The average Bonchev–Trinajstić information content (AvgIpc) is 2.90. The summed E-state index contributed by atoms with van der Waals surface area (Å²) in [5.41, 5.74) is 1.31. The van der Waals surface area contributed by atoms with Crippen LogP contribution in [0.15, 0.2) is 12.3 Å². The lowest BCUT2D eigenvalue weighted by atomic mass is 10.00. The second-order valence-electron chi connectivity index (χ2n) is 5.39. The van der Waals surface area contributed by atoms with E-state index in [1.165, 1.54) is 25.0 Å². The molecule has 1 N–H and O–H groups in total. The highest BCUT2D eigenvalue weighted by Crippen LogP contribution is 2.23. The van der Waals surface area contributed by atoms with E-state index in [0.29, 0.717) is 12.1 Å². The number of ether oxygens (including phenoxy) is 1. The van der Waals surface area contributed by atoms with Crippen molar-refractivity contribution in [3.8, 4) is 0 Å². The summed E-state index contributed by atoms with van der Waals surface area (Å²) < 4.78 is 7.95. The van der Waals surface area contributed by atoms with Crippen molar-refractivity contribution < 1.29 is 4.74 Å². The molecule has 1 aliphatic rings. The molecule has 1 aromatic rings. The number of aryl methyl sites for hydroxylation is 1. The van der Waals surface area contributed by atoms with E-state index in [9.17, 15) is 0 Å². The fraction of sp³-hybridized carbons (Fsp3) is 0.800. The predicted octanol–water partition coefficient (Wildman–Crippen LogP) is 2.90. The summed E-state index contributed by atoms with van der Waals surface area (Å²) in [6.07, 6.45) is 9.54. The summed E-state index contributed by atoms with van der Waals surface area (Å²) in [6.45, 7) is 4.14. The molecule has 1 aromatic heterocycles. The molecule has 0 amide bonds. The van der Waals surface area contributed by atoms with Crippen LogP contribution in [-0.2, 0) is 11.3 Å². The zero-order valence-corrected chi connectivity index (χ0v) is 12.3. The van der Waals surface area contributed by atoms with Gasteiger partial charge < -0.3 is 10.1 Å². The maximum atomic E-state index is 5.82. The van der Waals surface area contributed by atoms with E-state index in [-0.39, 0.29) is 0 Å². The third kappa shape index (κ3) is 4.05. The van der Waals surface area contributed by atoms with Crippen LogP contribution in [0.4, 0.5) is 0 Å². The van der Waals surface area contributed by atoms with Crippen molar-refractivity contribution in [2.24, 2.45) is 0 Å². The van der Waals surface area contributed by atoms with Gasteiger partial charge in [0, 0.05) is 25.4 Å². The van der Waals surface area contributed by atoms with Gasteiger partial charge in [0.05, 0.1) is 11.8 Å². The Balaban J connectivity index is 1.89. The van der Waals surface area contributed by atoms with Gasteiger partial charge in [0.25, 0.3) is 0 Å². The largest absolute Gasteiger partial charge is 0.378 e. The zero-order chi connectivity index (χ0) is 13.5. The maximum Gasteiger partial charge on any atom is 0.0575 e. The average molecular weight is 265 g/mol. The first-order chi connectivity index (χ1) is 9.35. The Morgan fingerprint density at radius 1 is 1.53 bits per heavy atom. The van der Waals surface area contributed by atoms with E-state index in [1.54, 1.807) is 0 Å². The summed E-state index contributed by atoms with van der Waals surface area (Å²) in [4.78, 5) is 0. The molecule has 0 bridgehead atoms. The van der Waals surface area contributed by atoms with Crippen molar-refractivity contribution in [1.82, 2.24) is 15.1 Å². The smallest absolute Gasteiger partial charge is 0.0575 e. The molecule has 4 heteroatoms. The molecule has 0 spiro atoms. The van der Waals surface area contributed by atoms with Gasteiger partial charge in [-0.25, -0.2) is 0 Å². The summed E-state index contributed by atoms with van der Waals surface area (Å²) in [5, 5.41) is 7.84. The van der Waals surface area contributed by atoms with E-state index in [4.69, 9.17) is 4.74 Å². The Hall–Kier alpha value is -0.870. The first-order valence-corrected chi connectivity index (χ1v) is 7.65. The summed E-state index contributed by atoms with van der Waals surface area (Å²) in [5.74, 6) is 0. The van der Waals surface area contributed by atoms with Crippen LogP contribution < -0.4 is 5.32 Å². The van der Waals surface area contributed by atoms with Crippen LogP contribution in [0.5, 0.6) is 0 Å². The Bertz CT molecular complexity index is 358. The number of nitrogens with one attached hydrogen (secondary N) is 1. The van der Waals surface area contributed by atoms with Crippen LogP contribution >= 0.6 is 0 Å². The molecular weight excluding hydrogens is 238 g/mol. The van der Waals surface area contributed by atoms with Gasteiger partial charge in [0.15, 0.2) is 0 Å². The number of hydrogen-bond donors (Lipinski definition) is 1. The van der Waals surface area contributed by atoms with E-state index in [0.717, 1.165) is 32.4 Å². The molecule has 0 aromatic carbocycles. The van der Waals surface area contributed by atoms with Gasteiger partial charge in [-0.3, -0.25) is 4.68 Å². The molecule has 2 heterocycles. The van der Waals surface area contributed by atoms with Gasteiger partial charge in [-0.1, -0.05) is 6.92 Å². The summed E-state index contributed by atoms with van der Waals surface area (Å²) >= 11 is 0. The Morgan fingerprint density at radius 2 is 2.42 bits per heavy atom. The van der Waals surface area contributed by atoms with Crippen LogP contribution in [0.1, 0.15) is 57.2 Å². The molecule has 1 fully saturated rings. The lowest BCUT2D eigenvalue weighted by molar-refractivity contribution is 0.00852. The second kappa shape index (κ2) is 7.65. The first-order valence-electron chi connectivity index (χ1n) is 7.65. The third-order valence-corrected chi connectivity index (χ3v) is 3.94. The zero-order valence-electron chi connectivity index (χ0n) is 12.3. The van der Waals surface area contributed by atoms with Crippen molar-refractivity contribution in [2.45, 2.75) is 64.1 Å². The van der Waals surface area contributed by atoms with Gasteiger partial charge in [-0.15, -0.1) is 0 Å². The van der Waals surface area contributed by atoms with E-state index in [2.05, 4.69) is 28.1 Å². The minimum absolute atomic E-state index is 0.388. The number of rotatable bonds is 7. The predicted molar refractivity (Wildman–Crippen MR) is 77.1 cm³/mol. The molecule has 4 nitrogen and oxygen atoms in total. The van der Waals surface area contributed by atoms with Crippen LogP contribution in [0.25, 0.3) is 0 Å². The van der Waals surface area contributed by atoms with Crippen LogP contribution in [0.2, 0.25) is 0 Å². The molecule has 0 radical (unpaired) electrons. The molecule has 19 heavy (non-hydrogen) atoms. The van der Waals surface area contributed by atoms with Gasteiger partial charge in [0.1, 0.15) is 0 Å². The molecule has 0 aliphatic carbocycles. The molecule has 1 aliphatic heterocycles. The first kappa shape index (κ1) is 14.5. The molecule has 108 valence electrons. The third-order valence-electron chi connectivity index (χ3n) is 3.94. The number of nitrogens with zero attached hydrogens (tertiary/aromatic N) is 2. The lowest BCUT2D eigenvalue weighted by Gasteiger charge is -2.25. The van der Waals surface area contributed by atoms with Crippen molar-refractivity contribution in [2.75, 3.05) is 13.7 Å². The highest BCUT2D eigenvalue weighted by Gasteiger charge is 2.19. The lowest BCUT2D eigenvalue weighted by Crippen LogP contribution is -2.24. The van der Waals surface area contributed by atoms with E-state index < -0.39 is 0 Å². The van der Waals surface area contributed by atoms with Crippen LogP contribution in [0, 0.1) is 0 Å². The van der Waals surface area contributed by atoms with Gasteiger partial charge >= 0.3 is 0 Å². The Morgan fingerprint density at radius 3 is 3.11 bits per heavy atom. The normalized spacial score (nSPS) is 21.5. The quantitative estimate of drug-likeness (QED) is 0.824. The Kier molecular flexibility index (Phi) is 5.86. The minimum Gasteiger partial charge on any atom is -0.378 e. The number of hydrogen-bond acceptors (Lipinski definition) is 3. The minimum atomic E-state index is 0.388. The maximum absolute atomic E-state index is 5.82. The molecular formula is C15H27N3O. The van der Waals surface area contributed by atoms with Crippen molar-refractivity contribution in [3.63, 3.8) is 0 Å². The van der Waals surface area contributed by atoms with E-state index in [1.807, 2.05) is 13.2 Å². The highest BCUT2D eigenvalue weighted by atomic mass is 16.5. The van der Waals surface area contributed by atoms with Crippen molar-refractivity contribution in [1.29, 1.82) is 0 Å². The molecule has 1 saturated heterocycles. The van der Waals surface area contributed by atoms with Gasteiger partial charge in [-0.05, 0) is 51.6 Å². The van der Waals surface area contributed by atoms with Crippen molar-refractivity contribution >= 4 is 0 Å². The fourth-order valence-electron chi connectivity index (χ4n) is 2.87. The molecule has 2 atom stereocenters. The Labute approximate surface area is 116 Å². The fourth-order valence-corrected chi connectivity index (χ4v) is 2.87. The SMILES string of the molecule is CCCn1nccc1C(CCC1CCCCO1)NC. The molecule has 2 unspecified atom stereocenters. The highest BCUT2D eigenvalue weighted by molar-refractivity contribution is 5.07. The van der Waals surface area contributed by atoms with Gasteiger partial charge in [-0.2, -0.15) is 5.10 Å². The summed E-state index contributed by atoms with van der Waals surface area (Å²) in [6, 6.07) is 2.53. The second-order valence-corrected chi connectivity index (χ2v) is 5.39. The van der Waals surface area contributed by atoms with Crippen molar-refractivity contribution in [3.05, 3.63) is 18.0 Å². The topological polar surface area (TPSA) is 39.1 Å². The monoisotopic (exact) mass is 265 g/mol. The molecule has 0 saturated carbocycles. The van der Waals surface area contributed by atoms with Crippen LogP contribution in [-0.4, -0.2) is 29.5 Å². The van der Waals surface area contributed by atoms with E-state index >= 15 is 0 Å². The van der Waals surface area contributed by atoms with Gasteiger partial charge in [0.2, 0.25) is 0 Å². The van der Waals surface area contributed by atoms with Crippen LogP contribution in [0.3, 0.4) is 0 Å². The standard InChI is InChI=1S/C15H27N3O/c1-3-11-18-15(9-10-17-18)14(16-2)8-7-13-6-4-5-12-19-13/h9-10,13-14,16H,3-8,11-12H2,1-2H3. The summed E-state index contributed by atoms with van der Waals surface area (Å²) in [7, 11) is 2.04. The molecule has 2 rings (SSSR count).